The highest BCUT2D eigenvalue weighted by Crippen LogP contribution is 2.17. The third kappa shape index (κ3) is 4.81. The molecule has 1 aromatic heterocycles. The van der Waals surface area contributed by atoms with Crippen LogP contribution in [0.3, 0.4) is 0 Å². The third-order valence-corrected chi connectivity index (χ3v) is 4.62. The van der Waals surface area contributed by atoms with Crippen LogP contribution in [0.1, 0.15) is 21.6 Å². The van der Waals surface area contributed by atoms with Crippen molar-refractivity contribution in [3.8, 4) is 0 Å². The van der Waals surface area contributed by atoms with Gasteiger partial charge in [-0.25, -0.2) is 5.43 Å². The first-order valence-electron chi connectivity index (χ1n) is 7.98. The van der Waals surface area contributed by atoms with Crippen molar-refractivity contribution < 1.29 is 9.72 Å². The van der Waals surface area contributed by atoms with Gasteiger partial charge in [0.05, 0.1) is 22.2 Å². The monoisotopic (exact) mass is 461 g/mol. The molecule has 0 unspecified atom stereocenters. The van der Waals surface area contributed by atoms with E-state index in [0.717, 1.165) is 5.56 Å². The van der Waals surface area contributed by atoms with Gasteiger partial charge in [0.25, 0.3) is 11.6 Å². The Kier molecular flexibility index (Phi) is 6.17. The van der Waals surface area contributed by atoms with E-state index in [4.69, 9.17) is 11.6 Å². The van der Waals surface area contributed by atoms with Crippen molar-refractivity contribution >= 4 is 45.3 Å². The molecule has 10 heteroatoms. The van der Waals surface area contributed by atoms with E-state index in [0.29, 0.717) is 21.6 Å². The highest BCUT2D eigenvalue weighted by atomic mass is 79.9. The maximum absolute atomic E-state index is 12.3. The summed E-state index contributed by atoms with van der Waals surface area (Å²) in [7, 11) is 0. The molecule has 0 saturated carbocycles. The average Bonchev–Trinajstić information content (AvgIpc) is 3.04. The zero-order chi connectivity index (χ0) is 20.1. The number of amides is 1. The van der Waals surface area contributed by atoms with E-state index >= 15 is 0 Å². The first-order chi connectivity index (χ1) is 13.4. The van der Waals surface area contributed by atoms with Crippen LogP contribution in [0.4, 0.5) is 5.69 Å². The SMILES string of the molecule is O=C(N/N=C\c1ccccc1Cl)c1nn(Cc2ccc([N+](=O)[O-])cc2)cc1Br. The van der Waals surface area contributed by atoms with E-state index < -0.39 is 10.8 Å². The number of nitro groups is 1. The lowest BCUT2D eigenvalue weighted by Crippen LogP contribution is -2.19. The summed E-state index contributed by atoms with van der Waals surface area (Å²) in [6.45, 7) is 0.354. The normalized spacial score (nSPS) is 10.9. The Balaban J connectivity index is 1.66. The quantitative estimate of drug-likeness (QED) is 0.339. The molecule has 2 aromatic carbocycles. The summed E-state index contributed by atoms with van der Waals surface area (Å²) < 4.78 is 2.05. The zero-order valence-corrected chi connectivity index (χ0v) is 16.6. The number of hydrogen-bond acceptors (Lipinski definition) is 5. The van der Waals surface area contributed by atoms with Gasteiger partial charge in [-0.3, -0.25) is 19.6 Å². The molecule has 1 amide bonds. The summed E-state index contributed by atoms with van der Waals surface area (Å²) in [5, 5.41) is 19.4. The van der Waals surface area contributed by atoms with E-state index in [1.54, 1.807) is 41.2 Å². The van der Waals surface area contributed by atoms with Crippen LogP contribution in [0.5, 0.6) is 0 Å². The van der Waals surface area contributed by atoms with Crippen LogP contribution in [0.15, 0.2) is 64.3 Å². The Hall–Kier alpha value is -3.04. The number of aromatic nitrogens is 2. The van der Waals surface area contributed by atoms with Gasteiger partial charge in [-0.1, -0.05) is 41.9 Å². The second-order valence-electron chi connectivity index (χ2n) is 5.67. The van der Waals surface area contributed by atoms with Crippen molar-refractivity contribution in [2.75, 3.05) is 0 Å². The lowest BCUT2D eigenvalue weighted by atomic mass is 10.2. The largest absolute Gasteiger partial charge is 0.293 e. The number of carbonyl (C=O) groups excluding carboxylic acids is 1. The maximum atomic E-state index is 12.3. The zero-order valence-electron chi connectivity index (χ0n) is 14.3. The fourth-order valence-electron chi connectivity index (χ4n) is 2.34. The molecule has 0 aliphatic heterocycles. The Morgan fingerprint density at radius 1 is 1.29 bits per heavy atom. The van der Waals surface area contributed by atoms with Gasteiger partial charge in [0.2, 0.25) is 0 Å². The van der Waals surface area contributed by atoms with Crippen molar-refractivity contribution in [1.29, 1.82) is 0 Å². The molecule has 8 nitrogen and oxygen atoms in total. The van der Waals surface area contributed by atoms with Crippen LogP contribution in [0.25, 0.3) is 0 Å². The molecular formula is C18H13BrClN5O3. The number of carbonyl (C=O) groups is 1. The van der Waals surface area contributed by atoms with Crippen LogP contribution in [0, 0.1) is 10.1 Å². The predicted octanol–water partition coefficient (Wildman–Crippen LogP) is 4.02. The van der Waals surface area contributed by atoms with Crippen molar-refractivity contribution in [2.24, 2.45) is 5.10 Å². The number of non-ortho nitro benzene ring substituents is 1. The Labute approximate surface area is 173 Å². The number of nitrogens with zero attached hydrogens (tertiary/aromatic N) is 4. The molecule has 0 atom stereocenters. The third-order valence-electron chi connectivity index (χ3n) is 3.70. The molecule has 0 fully saturated rings. The molecule has 0 aliphatic carbocycles. The first kappa shape index (κ1) is 19.7. The minimum absolute atomic E-state index is 0.0156. The van der Waals surface area contributed by atoms with Crippen LogP contribution in [-0.2, 0) is 6.54 Å². The second kappa shape index (κ2) is 8.77. The highest BCUT2D eigenvalue weighted by Gasteiger charge is 2.15. The van der Waals surface area contributed by atoms with Gasteiger partial charge in [-0.15, -0.1) is 0 Å². The summed E-state index contributed by atoms with van der Waals surface area (Å²) in [4.78, 5) is 22.5. The second-order valence-corrected chi connectivity index (χ2v) is 6.93. The lowest BCUT2D eigenvalue weighted by Gasteiger charge is -2.01. The fraction of sp³-hybridized carbons (Fsp3) is 0.0556. The van der Waals surface area contributed by atoms with Crippen LogP contribution >= 0.6 is 27.5 Å². The Bertz CT molecular complexity index is 1050. The predicted molar refractivity (Wildman–Crippen MR) is 109 cm³/mol. The standard InChI is InChI=1S/C18H13BrClN5O3/c19-15-11-24(10-12-5-7-14(8-6-12)25(27)28)23-17(15)18(26)22-21-9-13-3-1-2-4-16(13)20/h1-9,11H,10H2,(H,22,26)/b21-9-. The molecule has 0 bridgehead atoms. The number of hydrogen-bond donors (Lipinski definition) is 1. The molecule has 3 aromatic rings. The minimum Gasteiger partial charge on any atom is -0.266 e. The molecule has 0 saturated heterocycles. The van der Waals surface area contributed by atoms with Gasteiger partial charge in [0, 0.05) is 28.9 Å². The fourth-order valence-corrected chi connectivity index (χ4v) is 3.02. The Morgan fingerprint density at radius 2 is 2.00 bits per heavy atom. The summed E-state index contributed by atoms with van der Waals surface area (Å²) in [6.07, 6.45) is 3.09. The van der Waals surface area contributed by atoms with Gasteiger partial charge in [0.15, 0.2) is 5.69 Å². The summed E-state index contributed by atoms with van der Waals surface area (Å²) in [6, 6.07) is 13.2. The summed E-state index contributed by atoms with van der Waals surface area (Å²) in [5.74, 6) is -0.488. The van der Waals surface area contributed by atoms with Crippen molar-refractivity contribution in [2.45, 2.75) is 6.54 Å². The van der Waals surface area contributed by atoms with Crippen LogP contribution < -0.4 is 5.43 Å². The van der Waals surface area contributed by atoms with E-state index in [9.17, 15) is 14.9 Å². The number of nitrogens with one attached hydrogen (secondary N) is 1. The average molecular weight is 463 g/mol. The molecule has 1 heterocycles. The van der Waals surface area contributed by atoms with E-state index in [-0.39, 0.29) is 11.4 Å². The maximum Gasteiger partial charge on any atom is 0.293 e. The van der Waals surface area contributed by atoms with Gasteiger partial charge >= 0.3 is 0 Å². The molecule has 0 radical (unpaired) electrons. The number of benzene rings is 2. The van der Waals surface area contributed by atoms with Gasteiger partial charge < -0.3 is 0 Å². The highest BCUT2D eigenvalue weighted by molar-refractivity contribution is 9.10. The van der Waals surface area contributed by atoms with E-state index in [1.165, 1.54) is 18.3 Å². The Morgan fingerprint density at radius 3 is 2.68 bits per heavy atom. The van der Waals surface area contributed by atoms with E-state index in [2.05, 4.69) is 31.6 Å². The molecule has 0 aliphatic rings. The van der Waals surface area contributed by atoms with Crippen molar-refractivity contribution in [3.05, 3.63) is 91.2 Å². The van der Waals surface area contributed by atoms with E-state index in [1.807, 2.05) is 6.07 Å². The van der Waals surface area contributed by atoms with Crippen LogP contribution in [-0.4, -0.2) is 26.8 Å². The number of hydrazone groups is 1. The number of nitro benzene ring substituents is 1. The molecule has 0 spiro atoms. The molecule has 28 heavy (non-hydrogen) atoms. The summed E-state index contributed by atoms with van der Waals surface area (Å²) >= 11 is 9.33. The topological polar surface area (TPSA) is 102 Å². The van der Waals surface area contributed by atoms with Crippen LogP contribution in [0.2, 0.25) is 5.02 Å². The lowest BCUT2D eigenvalue weighted by molar-refractivity contribution is -0.384. The number of halogens is 2. The molecule has 1 N–H and O–H groups in total. The van der Waals surface area contributed by atoms with Crippen molar-refractivity contribution in [3.63, 3.8) is 0 Å². The van der Waals surface area contributed by atoms with Crippen molar-refractivity contribution in [1.82, 2.24) is 15.2 Å². The van der Waals surface area contributed by atoms with Gasteiger partial charge in [-0.05, 0) is 27.6 Å². The molecular weight excluding hydrogens is 450 g/mol. The minimum atomic E-state index is -0.488. The van der Waals surface area contributed by atoms with Gasteiger partial charge in [0.1, 0.15) is 0 Å². The number of rotatable bonds is 6. The first-order valence-corrected chi connectivity index (χ1v) is 9.15. The van der Waals surface area contributed by atoms with Gasteiger partial charge in [-0.2, -0.15) is 10.2 Å². The molecule has 3 rings (SSSR count). The smallest absolute Gasteiger partial charge is 0.266 e. The summed E-state index contributed by atoms with van der Waals surface area (Å²) in [5.41, 5.74) is 4.07. The molecule has 142 valence electrons.